The highest BCUT2D eigenvalue weighted by Crippen LogP contribution is 2.63. The molecule has 0 fully saturated rings. The molecule has 3 heterocycles. The summed E-state index contributed by atoms with van der Waals surface area (Å²) < 4.78 is 5.08. The van der Waals surface area contributed by atoms with E-state index in [1.54, 1.807) is 14.0 Å². The first-order valence-electron chi connectivity index (χ1n) is 13.0. The van der Waals surface area contributed by atoms with E-state index in [1.807, 2.05) is 109 Å². The SMILES string of the molecule is O=C1c2cccc3cccc(c23)N1P(N1C(=O)c2cccc3cccc1c23)N1C(=O)c2cccc3cccc1c23. The van der Waals surface area contributed by atoms with Crippen LogP contribution < -0.4 is 14.0 Å². The minimum atomic E-state index is -2.05. The first-order valence-corrected chi connectivity index (χ1v) is 14.2. The van der Waals surface area contributed by atoms with Crippen molar-refractivity contribution in [1.29, 1.82) is 0 Å². The highest BCUT2D eigenvalue weighted by atomic mass is 31.2. The number of rotatable bonds is 3. The molecule has 9 rings (SSSR count). The van der Waals surface area contributed by atoms with E-state index >= 15 is 0 Å². The van der Waals surface area contributed by atoms with Crippen LogP contribution in [-0.4, -0.2) is 17.7 Å². The van der Waals surface area contributed by atoms with Crippen molar-refractivity contribution >= 4 is 75.5 Å². The Bertz CT molecular complexity index is 1910. The van der Waals surface area contributed by atoms with Gasteiger partial charge in [0.2, 0.25) is 8.37 Å². The molecule has 0 aromatic heterocycles. The van der Waals surface area contributed by atoms with Crippen LogP contribution in [0.5, 0.6) is 0 Å². The number of anilines is 3. The van der Waals surface area contributed by atoms with Crippen LogP contribution >= 0.6 is 8.37 Å². The zero-order chi connectivity index (χ0) is 26.7. The van der Waals surface area contributed by atoms with Gasteiger partial charge in [0.05, 0.1) is 33.8 Å². The molecule has 0 atom stereocenters. The molecule has 0 bridgehead atoms. The van der Waals surface area contributed by atoms with Crippen molar-refractivity contribution < 1.29 is 14.4 Å². The lowest BCUT2D eigenvalue weighted by Gasteiger charge is -2.40. The molecule has 0 aliphatic carbocycles. The second kappa shape index (κ2) is 7.53. The van der Waals surface area contributed by atoms with Crippen LogP contribution in [0.1, 0.15) is 31.1 Å². The zero-order valence-electron chi connectivity index (χ0n) is 20.9. The van der Waals surface area contributed by atoms with E-state index in [4.69, 9.17) is 0 Å². The molecule has 0 spiro atoms. The number of benzene rings is 6. The Morgan fingerprint density at radius 1 is 0.375 bits per heavy atom. The highest BCUT2D eigenvalue weighted by molar-refractivity contribution is 7.66. The Morgan fingerprint density at radius 2 is 0.650 bits per heavy atom. The molecule has 6 aromatic carbocycles. The summed E-state index contributed by atoms with van der Waals surface area (Å²) in [6.45, 7) is 0. The van der Waals surface area contributed by atoms with E-state index in [-0.39, 0.29) is 17.7 Å². The molecule has 3 aliphatic heterocycles. The highest BCUT2D eigenvalue weighted by Gasteiger charge is 2.51. The molecule has 6 aromatic rings. The summed E-state index contributed by atoms with van der Waals surface area (Å²) in [5.74, 6) is -0.653. The molecular weight excluding hydrogens is 517 g/mol. The number of hydrogen-bond donors (Lipinski definition) is 0. The van der Waals surface area contributed by atoms with Crippen molar-refractivity contribution in [3.05, 3.63) is 126 Å². The third kappa shape index (κ3) is 2.54. The average Bonchev–Trinajstić information content (AvgIpc) is 3.55. The van der Waals surface area contributed by atoms with Gasteiger partial charge in [0.25, 0.3) is 17.7 Å². The van der Waals surface area contributed by atoms with Gasteiger partial charge in [0.1, 0.15) is 0 Å². The molecule has 0 saturated heterocycles. The molecule has 3 amide bonds. The number of amides is 3. The maximum Gasteiger partial charge on any atom is 0.265 e. The number of carbonyl (C=O) groups excluding carboxylic acids is 3. The molecule has 0 radical (unpaired) electrons. The molecule has 7 heteroatoms. The van der Waals surface area contributed by atoms with Gasteiger partial charge in [-0.05, 0) is 52.6 Å². The zero-order valence-corrected chi connectivity index (χ0v) is 21.8. The van der Waals surface area contributed by atoms with Gasteiger partial charge in [-0.2, -0.15) is 0 Å². The predicted octanol–water partition coefficient (Wildman–Crippen LogP) is 7.65. The smallest absolute Gasteiger partial charge is 0.265 e. The second-order valence-electron chi connectivity index (χ2n) is 10.2. The third-order valence-corrected chi connectivity index (χ3v) is 10.4. The lowest BCUT2D eigenvalue weighted by molar-refractivity contribution is 0.101. The summed E-state index contributed by atoms with van der Waals surface area (Å²) >= 11 is 0. The Hall–Kier alpha value is -5.06. The fourth-order valence-electron chi connectivity index (χ4n) is 6.50. The van der Waals surface area contributed by atoms with E-state index in [0.717, 1.165) is 32.3 Å². The number of carbonyl (C=O) groups is 3. The molecule has 0 saturated carbocycles. The molecule has 188 valence electrons. The molecule has 3 aliphatic rings. The van der Waals surface area contributed by atoms with Gasteiger partial charge in [0.15, 0.2) is 0 Å². The Morgan fingerprint density at radius 3 is 0.950 bits per heavy atom. The van der Waals surface area contributed by atoms with Crippen molar-refractivity contribution in [2.45, 2.75) is 0 Å². The maximum absolute atomic E-state index is 14.3. The lowest BCUT2D eigenvalue weighted by atomic mass is 10.1. The lowest BCUT2D eigenvalue weighted by Crippen LogP contribution is -2.42. The van der Waals surface area contributed by atoms with E-state index < -0.39 is 8.37 Å². The van der Waals surface area contributed by atoms with Crippen LogP contribution in [0, 0.1) is 0 Å². The van der Waals surface area contributed by atoms with Crippen molar-refractivity contribution in [3.8, 4) is 0 Å². The summed E-state index contributed by atoms with van der Waals surface area (Å²) in [7, 11) is -2.05. The van der Waals surface area contributed by atoms with Gasteiger partial charge < -0.3 is 0 Å². The first kappa shape index (κ1) is 21.8. The molecular formula is C33H18N3O3P. The van der Waals surface area contributed by atoms with Crippen LogP contribution in [0.25, 0.3) is 32.3 Å². The largest absolute Gasteiger partial charge is 0.268 e. The minimum Gasteiger partial charge on any atom is -0.268 e. The van der Waals surface area contributed by atoms with Crippen LogP contribution in [-0.2, 0) is 0 Å². The van der Waals surface area contributed by atoms with Gasteiger partial charge in [-0.15, -0.1) is 0 Å². The topological polar surface area (TPSA) is 60.9 Å². The summed E-state index contributed by atoms with van der Waals surface area (Å²) in [5.41, 5.74) is 3.84. The third-order valence-electron chi connectivity index (χ3n) is 8.14. The fraction of sp³-hybridized carbons (Fsp3) is 0. The molecule has 0 N–H and O–H groups in total. The van der Waals surface area contributed by atoms with Gasteiger partial charge in [-0.1, -0.05) is 72.8 Å². The van der Waals surface area contributed by atoms with Gasteiger partial charge >= 0.3 is 0 Å². The van der Waals surface area contributed by atoms with E-state index in [2.05, 4.69) is 0 Å². The molecule has 0 unspecified atom stereocenters. The predicted molar refractivity (Wildman–Crippen MR) is 159 cm³/mol. The number of hydrogen-bond acceptors (Lipinski definition) is 3. The van der Waals surface area contributed by atoms with Crippen molar-refractivity contribution in [3.63, 3.8) is 0 Å². The van der Waals surface area contributed by atoms with Gasteiger partial charge in [0, 0.05) is 16.2 Å². The number of nitrogens with zero attached hydrogens (tertiary/aromatic N) is 3. The molecule has 6 nitrogen and oxygen atoms in total. The van der Waals surface area contributed by atoms with Gasteiger partial charge in [-0.25, -0.2) is 14.0 Å². The minimum absolute atomic E-state index is 0.218. The van der Waals surface area contributed by atoms with Crippen molar-refractivity contribution in [2.75, 3.05) is 14.0 Å². The molecule has 40 heavy (non-hydrogen) atoms. The Labute approximate surface area is 229 Å². The van der Waals surface area contributed by atoms with Crippen LogP contribution in [0.4, 0.5) is 17.1 Å². The Balaban J connectivity index is 1.35. The summed E-state index contributed by atoms with van der Waals surface area (Å²) in [6.07, 6.45) is 0. The Kier molecular flexibility index (Phi) is 4.11. The van der Waals surface area contributed by atoms with Crippen molar-refractivity contribution in [2.24, 2.45) is 0 Å². The van der Waals surface area contributed by atoms with E-state index in [0.29, 0.717) is 33.8 Å². The summed E-state index contributed by atoms with van der Waals surface area (Å²) in [6, 6.07) is 34.5. The van der Waals surface area contributed by atoms with Crippen LogP contribution in [0.2, 0.25) is 0 Å². The van der Waals surface area contributed by atoms with E-state index in [1.165, 1.54) is 0 Å². The summed E-state index contributed by atoms with van der Waals surface area (Å²) in [5, 5.41) is 5.35. The quantitative estimate of drug-likeness (QED) is 0.219. The van der Waals surface area contributed by atoms with Crippen molar-refractivity contribution in [1.82, 2.24) is 0 Å². The summed E-state index contributed by atoms with van der Waals surface area (Å²) in [4.78, 5) is 43.0. The average molecular weight is 535 g/mol. The van der Waals surface area contributed by atoms with Crippen LogP contribution in [0.15, 0.2) is 109 Å². The second-order valence-corrected chi connectivity index (χ2v) is 11.9. The van der Waals surface area contributed by atoms with Gasteiger partial charge in [-0.3, -0.25) is 14.4 Å². The fourth-order valence-corrected chi connectivity index (χ4v) is 8.92. The van der Waals surface area contributed by atoms with E-state index in [9.17, 15) is 14.4 Å². The monoisotopic (exact) mass is 535 g/mol. The first-order chi connectivity index (χ1) is 19.6. The standard InChI is InChI=1S/C33H18N3O3P/c37-31-22-13-1-7-19-10-4-16-25(28(19)22)34(31)40(35-26-17-5-11-20-8-2-14-23(29(20)26)32(35)38)36-27-18-6-12-21-9-3-15-24(30(21)27)33(36)39/h1-18H. The van der Waals surface area contributed by atoms with Crippen LogP contribution in [0.3, 0.4) is 0 Å². The normalized spacial score (nSPS) is 15.2. The maximum atomic E-state index is 14.3.